The molecule has 1 aliphatic heterocycles. The fourth-order valence-electron chi connectivity index (χ4n) is 2.29. The Labute approximate surface area is 107 Å². The molecule has 0 atom stereocenters. The lowest BCUT2D eigenvalue weighted by atomic mass is 10.1. The highest BCUT2D eigenvalue weighted by Gasteiger charge is 2.24. The van der Waals surface area contributed by atoms with Crippen LogP contribution in [0.2, 0.25) is 0 Å². The van der Waals surface area contributed by atoms with Gasteiger partial charge in [0.05, 0.1) is 18.8 Å². The van der Waals surface area contributed by atoms with Gasteiger partial charge in [-0.1, -0.05) is 12.1 Å². The second kappa shape index (κ2) is 5.87. The van der Waals surface area contributed by atoms with E-state index in [1.54, 1.807) is 14.2 Å². The average molecular weight is 249 g/mol. The zero-order valence-electron chi connectivity index (χ0n) is 10.9. The van der Waals surface area contributed by atoms with Crippen LogP contribution in [0.1, 0.15) is 23.2 Å². The molecule has 2 rings (SSSR count). The SMILES string of the molecule is COc1ccccc1C(=O)N1CCC(OC)CC1. The van der Waals surface area contributed by atoms with Crippen molar-refractivity contribution in [1.29, 1.82) is 0 Å². The number of hydrogen-bond acceptors (Lipinski definition) is 3. The standard InChI is InChI=1S/C14H19NO3/c1-17-11-7-9-15(10-8-11)14(16)12-5-3-4-6-13(12)18-2/h3-6,11H,7-10H2,1-2H3. The van der Waals surface area contributed by atoms with Gasteiger partial charge in [0, 0.05) is 20.2 Å². The molecule has 0 aromatic heterocycles. The third-order valence-corrected chi connectivity index (χ3v) is 3.40. The van der Waals surface area contributed by atoms with Crippen LogP contribution < -0.4 is 4.74 Å². The molecule has 98 valence electrons. The van der Waals surface area contributed by atoms with E-state index in [9.17, 15) is 4.79 Å². The summed E-state index contributed by atoms with van der Waals surface area (Å²) in [5, 5.41) is 0. The number of carbonyl (C=O) groups excluding carboxylic acids is 1. The quantitative estimate of drug-likeness (QED) is 0.822. The molecule has 18 heavy (non-hydrogen) atoms. The van der Waals surface area contributed by atoms with E-state index in [1.165, 1.54) is 0 Å². The van der Waals surface area contributed by atoms with Crippen LogP contribution in [-0.4, -0.2) is 44.2 Å². The van der Waals surface area contributed by atoms with Gasteiger partial charge < -0.3 is 14.4 Å². The molecule has 0 spiro atoms. The highest BCUT2D eigenvalue weighted by molar-refractivity contribution is 5.97. The Kier molecular flexibility index (Phi) is 4.20. The van der Waals surface area contributed by atoms with E-state index in [4.69, 9.17) is 9.47 Å². The van der Waals surface area contributed by atoms with Crippen molar-refractivity contribution in [2.75, 3.05) is 27.3 Å². The van der Waals surface area contributed by atoms with Gasteiger partial charge in [-0.3, -0.25) is 4.79 Å². The molecule has 1 fully saturated rings. The van der Waals surface area contributed by atoms with E-state index in [0.717, 1.165) is 25.9 Å². The van der Waals surface area contributed by atoms with Crippen molar-refractivity contribution < 1.29 is 14.3 Å². The second-order valence-electron chi connectivity index (χ2n) is 4.43. The second-order valence-corrected chi connectivity index (χ2v) is 4.43. The fourth-order valence-corrected chi connectivity index (χ4v) is 2.29. The maximum Gasteiger partial charge on any atom is 0.257 e. The van der Waals surface area contributed by atoms with Crippen molar-refractivity contribution >= 4 is 5.91 Å². The van der Waals surface area contributed by atoms with Crippen LogP contribution in [0.3, 0.4) is 0 Å². The van der Waals surface area contributed by atoms with E-state index in [-0.39, 0.29) is 12.0 Å². The number of amides is 1. The van der Waals surface area contributed by atoms with Crippen molar-refractivity contribution in [1.82, 2.24) is 4.90 Å². The summed E-state index contributed by atoms with van der Waals surface area (Å²) in [4.78, 5) is 14.2. The minimum Gasteiger partial charge on any atom is -0.496 e. The highest BCUT2D eigenvalue weighted by atomic mass is 16.5. The summed E-state index contributed by atoms with van der Waals surface area (Å²) >= 11 is 0. The van der Waals surface area contributed by atoms with Gasteiger partial charge in [-0.25, -0.2) is 0 Å². The Balaban J connectivity index is 2.08. The lowest BCUT2D eigenvalue weighted by Gasteiger charge is -2.31. The molecule has 0 unspecified atom stereocenters. The third-order valence-electron chi connectivity index (χ3n) is 3.40. The van der Waals surface area contributed by atoms with Gasteiger partial charge in [0.2, 0.25) is 0 Å². The number of rotatable bonds is 3. The summed E-state index contributed by atoms with van der Waals surface area (Å²) in [6, 6.07) is 7.35. The summed E-state index contributed by atoms with van der Waals surface area (Å²) < 4.78 is 10.5. The largest absolute Gasteiger partial charge is 0.496 e. The van der Waals surface area contributed by atoms with E-state index in [1.807, 2.05) is 29.2 Å². The number of piperidine rings is 1. The molecule has 0 bridgehead atoms. The van der Waals surface area contributed by atoms with Gasteiger partial charge in [0.25, 0.3) is 5.91 Å². The van der Waals surface area contributed by atoms with Gasteiger partial charge in [0.15, 0.2) is 0 Å². The molecule has 0 saturated carbocycles. The van der Waals surface area contributed by atoms with Crippen LogP contribution in [0.5, 0.6) is 5.75 Å². The minimum absolute atomic E-state index is 0.0435. The number of hydrogen-bond donors (Lipinski definition) is 0. The Morgan fingerprint density at radius 2 is 1.89 bits per heavy atom. The first-order valence-corrected chi connectivity index (χ1v) is 6.21. The first kappa shape index (κ1) is 12.9. The smallest absolute Gasteiger partial charge is 0.257 e. The van der Waals surface area contributed by atoms with Gasteiger partial charge in [-0.2, -0.15) is 0 Å². The van der Waals surface area contributed by atoms with Gasteiger partial charge in [-0.05, 0) is 25.0 Å². The molecule has 1 aliphatic rings. The molecular formula is C14H19NO3. The maximum absolute atomic E-state index is 12.4. The predicted molar refractivity (Wildman–Crippen MR) is 68.9 cm³/mol. The third kappa shape index (κ3) is 2.64. The molecule has 0 N–H and O–H groups in total. The van der Waals surface area contributed by atoms with Crippen LogP contribution in [0.4, 0.5) is 0 Å². The minimum atomic E-state index is 0.0435. The maximum atomic E-state index is 12.4. The number of para-hydroxylation sites is 1. The molecule has 1 amide bonds. The normalized spacial score (nSPS) is 16.7. The zero-order valence-corrected chi connectivity index (χ0v) is 10.9. The van der Waals surface area contributed by atoms with E-state index in [0.29, 0.717) is 11.3 Å². The lowest BCUT2D eigenvalue weighted by Crippen LogP contribution is -2.40. The Morgan fingerprint density at radius 3 is 2.50 bits per heavy atom. The number of methoxy groups -OCH3 is 2. The van der Waals surface area contributed by atoms with Crippen LogP contribution in [0, 0.1) is 0 Å². The summed E-state index contributed by atoms with van der Waals surface area (Å²) in [6.07, 6.45) is 2.08. The van der Waals surface area contributed by atoms with Crippen LogP contribution >= 0.6 is 0 Å². The average Bonchev–Trinajstić information content (AvgIpc) is 2.46. The molecule has 1 heterocycles. The lowest BCUT2D eigenvalue weighted by molar-refractivity contribution is 0.0349. The topological polar surface area (TPSA) is 38.8 Å². The van der Waals surface area contributed by atoms with E-state index >= 15 is 0 Å². The molecule has 1 aromatic carbocycles. The van der Waals surface area contributed by atoms with Crippen molar-refractivity contribution in [3.05, 3.63) is 29.8 Å². The van der Waals surface area contributed by atoms with Gasteiger partial charge in [-0.15, -0.1) is 0 Å². The molecule has 0 radical (unpaired) electrons. The molecular weight excluding hydrogens is 230 g/mol. The van der Waals surface area contributed by atoms with Crippen molar-refractivity contribution in [3.8, 4) is 5.75 Å². The van der Waals surface area contributed by atoms with Crippen LogP contribution in [0.15, 0.2) is 24.3 Å². The molecule has 4 nitrogen and oxygen atoms in total. The van der Waals surface area contributed by atoms with E-state index in [2.05, 4.69) is 0 Å². The summed E-state index contributed by atoms with van der Waals surface area (Å²) in [5.74, 6) is 0.679. The van der Waals surface area contributed by atoms with Crippen molar-refractivity contribution in [2.24, 2.45) is 0 Å². The first-order valence-electron chi connectivity index (χ1n) is 6.21. The summed E-state index contributed by atoms with van der Waals surface area (Å²) in [6.45, 7) is 1.49. The van der Waals surface area contributed by atoms with Crippen LogP contribution in [0.25, 0.3) is 0 Å². The summed E-state index contributed by atoms with van der Waals surface area (Å²) in [5.41, 5.74) is 0.635. The predicted octanol–water partition coefficient (Wildman–Crippen LogP) is 1.95. The Hall–Kier alpha value is -1.55. The summed E-state index contributed by atoms with van der Waals surface area (Å²) in [7, 11) is 3.31. The monoisotopic (exact) mass is 249 g/mol. The van der Waals surface area contributed by atoms with E-state index < -0.39 is 0 Å². The zero-order chi connectivity index (χ0) is 13.0. The van der Waals surface area contributed by atoms with Crippen LogP contribution in [-0.2, 0) is 4.74 Å². The number of carbonyl (C=O) groups is 1. The molecule has 1 saturated heterocycles. The highest BCUT2D eigenvalue weighted by Crippen LogP contribution is 2.22. The van der Waals surface area contributed by atoms with Gasteiger partial charge in [0.1, 0.15) is 5.75 Å². The number of nitrogens with zero attached hydrogens (tertiary/aromatic N) is 1. The Bertz CT molecular complexity index is 411. The Morgan fingerprint density at radius 1 is 1.22 bits per heavy atom. The first-order chi connectivity index (χ1) is 8.76. The molecule has 0 aliphatic carbocycles. The van der Waals surface area contributed by atoms with Crippen molar-refractivity contribution in [2.45, 2.75) is 18.9 Å². The number of ether oxygens (including phenoxy) is 2. The fraction of sp³-hybridized carbons (Fsp3) is 0.500. The number of likely N-dealkylation sites (tertiary alicyclic amines) is 1. The molecule has 4 heteroatoms. The van der Waals surface area contributed by atoms with Crippen molar-refractivity contribution in [3.63, 3.8) is 0 Å². The van der Waals surface area contributed by atoms with Gasteiger partial charge >= 0.3 is 0 Å². The number of benzene rings is 1. The molecule has 1 aromatic rings.